The lowest BCUT2D eigenvalue weighted by Crippen LogP contribution is -2.36. The molecule has 12 nitrogen and oxygen atoms in total. The van der Waals surface area contributed by atoms with E-state index in [0.717, 1.165) is 30.2 Å². The van der Waals surface area contributed by atoms with Crippen LogP contribution in [0.1, 0.15) is 30.9 Å². The standard InChI is InChI=1S/C34H39ClN4O8S/c1-4-45-32(40)23-48(42,43)39(26-10-15-31(30(35)22-26)46-29-16-19-38(2)20-17-29)18-6-8-24-7-5-9-25(21-24)33(36)37-34(41)47-28-13-11-27(44-3)12-14-28/h5-15,21-22,29H,4,16-20,23H2,1-3H3,(H2,36,37,41)/b8-6+. The van der Waals surface area contributed by atoms with Crippen LogP contribution in [0.3, 0.4) is 0 Å². The summed E-state index contributed by atoms with van der Waals surface area (Å²) in [5.74, 6) is -0.450. The van der Waals surface area contributed by atoms with Gasteiger partial charge in [0, 0.05) is 18.7 Å². The number of methoxy groups -OCH3 is 1. The zero-order chi connectivity index (χ0) is 34.7. The van der Waals surface area contributed by atoms with Crippen LogP contribution in [0.2, 0.25) is 5.02 Å². The summed E-state index contributed by atoms with van der Waals surface area (Å²) in [6, 6.07) is 18.0. The van der Waals surface area contributed by atoms with Gasteiger partial charge >= 0.3 is 12.1 Å². The number of ether oxygens (including phenoxy) is 4. The number of likely N-dealkylation sites (tertiary alicyclic amines) is 1. The fraction of sp³-hybridized carbons (Fsp3) is 0.324. The molecule has 1 aliphatic heterocycles. The first-order chi connectivity index (χ1) is 23.0. The summed E-state index contributed by atoms with van der Waals surface area (Å²) in [6.07, 6.45) is 4.10. The van der Waals surface area contributed by atoms with E-state index in [0.29, 0.717) is 22.6 Å². The van der Waals surface area contributed by atoms with Crippen molar-refractivity contribution in [3.63, 3.8) is 0 Å². The molecule has 14 heteroatoms. The van der Waals surface area contributed by atoms with Gasteiger partial charge in [0.2, 0.25) is 10.0 Å². The minimum Gasteiger partial charge on any atom is -0.497 e. The van der Waals surface area contributed by atoms with E-state index in [2.05, 4.69) is 16.9 Å². The zero-order valence-electron chi connectivity index (χ0n) is 27.0. The normalized spacial score (nSPS) is 14.5. The fourth-order valence-electron chi connectivity index (χ4n) is 4.85. The molecule has 256 valence electrons. The lowest BCUT2D eigenvalue weighted by Gasteiger charge is -2.30. The van der Waals surface area contributed by atoms with E-state index in [1.807, 2.05) is 0 Å². The first-order valence-corrected chi connectivity index (χ1v) is 17.2. The molecule has 1 fully saturated rings. The van der Waals surface area contributed by atoms with Gasteiger partial charge in [-0.2, -0.15) is 4.99 Å². The van der Waals surface area contributed by atoms with Gasteiger partial charge in [-0.1, -0.05) is 42.0 Å². The highest BCUT2D eigenvalue weighted by atomic mass is 35.5. The molecule has 0 aliphatic carbocycles. The highest BCUT2D eigenvalue weighted by molar-refractivity contribution is 7.93. The van der Waals surface area contributed by atoms with E-state index < -0.39 is 27.8 Å². The van der Waals surface area contributed by atoms with Gasteiger partial charge in [-0.25, -0.2) is 13.2 Å². The number of anilines is 1. The SMILES string of the molecule is CCOC(=O)CS(=O)(=O)N(C/C=C/c1cccc(C(N)=NC(=O)Oc2ccc(OC)cc2)c1)c1ccc(OC2CCN(C)CC2)c(Cl)c1. The van der Waals surface area contributed by atoms with Crippen LogP contribution in [0.15, 0.2) is 77.8 Å². The third kappa shape index (κ3) is 10.5. The molecule has 0 aromatic heterocycles. The Morgan fingerprint density at radius 3 is 2.44 bits per heavy atom. The summed E-state index contributed by atoms with van der Waals surface area (Å²) in [5, 5.41) is 0.250. The second-order valence-electron chi connectivity index (χ2n) is 10.9. The molecule has 3 aromatic carbocycles. The number of amidine groups is 1. The van der Waals surface area contributed by atoms with Crippen LogP contribution >= 0.6 is 11.6 Å². The Bertz CT molecular complexity index is 1740. The summed E-state index contributed by atoms with van der Waals surface area (Å²) in [7, 11) is -0.587. The number of hydrogen-bond donors (Lipinski definition) is 1. The number of carbonyl (C=O) groups is 2. The van der Waals surface area contributed by atoms with Crippen LogP contribution in [0.25, 0.3) is 6.08 Å². The zero-order valence-corrected chi connectivity index (χ0v) is 28.6. The molecule has 1 aliphatic rings. The van der Waals surface area contributed by atoms with Crippen molar-refractivity contribution in [2.24, 2.45) is 10.7 Å². The van der Waals surface area contributed by atoms with Crippen molar-refractivity contribution < 1.29 is 37.0 Å². The largest absolute Gasteiger partial charge is 0.497 e. The number of nitrogens with two attached hydrogens (primary N) is 1. The quantitative estimate of drug-likeness (QED) is 0.144. The van der Waals surface area contributed by atoms with Crippen LogP contribution < -0.4 is 24.2 Å². The van der Waals surface area contributed by atoms with Crippen molar-refractivity contribution in [3.05, 3.63) is 89.0 Å². The summed E-state index contributed by atoms with van der Waals surface area (Å²) in [6.45, 7) is 3.33. The molecule has 0 unspecified atom stereocenters. The monoisotopic (exact) mass is 698 g/mol. The average molecular weight is 699 g/mol. The average Bonchev–Trinajstić information content (AvgIpc) is 3.05. The highest BCUT2D eigenvalue weighted by Crippen LogP contribution is 2.32. The Morgan fingerprint density at radius 2 is 1.77 bits per heavy atom. The Labute approximate surface area is 285 Å². The van der Waals surface area contributed by atoms with E-state index in [1.165, 1.54) is 13.2 Å². The number of nitrogens with zero attached hydrogens (tertiary/aromatic N) is 3. The number of rotatable bonds is 13. The first kappa shape index (κ1) is 36.2. The maximum Gasteiger partial charge on any atom is 0.441 e. The highest BCUT2D eigenvalue weighted by Gasteiger charge is 2.27. The van der Waals surface area contributed by atoms with Crippen molar-refractivity contribution in [1.29, 1.82) is 0 Å². The molecular formula is C34H39ClN4O8S. The summed E-state index contributed by atoms with van der Waals surface area (Å²) in [4.78, 5) is 30.6. The van der Waals surface area contributed by atoms with Crippen LogP contribution in [0.5, 0.6) is 17.2 Å². The minimum atomic E-state index is -4.17. The molecule has 0 bridgehead atoms. The molecule has 1 amide bonds. The third-order valence-corrected chi connectivity index (χ3v) is 9.27. The molecule has 0 saturated carbocycles. The predicted molar refractivity (Wildman–Crippen MR) is 186 cm³/mol. The second-order valence-corrected chi connectivity index (χ2v) is 13.2. The second kappa shape index (κ2) is 17.0. The van der Waals surface area contributed by atoms with Gasteiger partial charge in [0.15, 0.2) is 5.75 Å². The van der Waals surface area contributed by atoms with E-state index in [9.17, 15) is 18.0 Å². The number of piperidine rings is 1. The number of hydrogen-bond acceptors (Lipinski definition) is 9. The molecule has 3 aromatic rings. The van der Waals surface area contributed by atoms with Gasteiger partial charge in [0.05, 0.1) is 31.0 Å². The lowest BCUT2D eigenvalue weighted by molar-refractivity contribution is -0.139. The maximum absolute atomic E-state index is 13.4. The molecule has 0 atom stereocenters. The molecular weight excluding hydrogens is 660 g/mol. The molecule has 2 N–H and O–H groups in total. The Balaban J connectivity index is 1.50. The fourth-order valence-corrected chi connectivity index (χ4v) is 6.35. The van der Waals surface area contributed by atoms with E-state index in [-0.39, 0.29) is 41.6 Å². The topological polar surface area (TPSA) is 150 Å². The van der Waals surface area contributed by atoms with E-state index in [1.54, 1.807) is 79.7 Å². The molecule has 48 heavy (non-hydrogen) atoms. The third-order valence-electron chi connectivity index (χ3n) is 7.34. The van der Waals surface area contributed by atoms with Gasteiger partial charge in [0.25, 0.3) is 0 Å². The van der Waals surface area contributed by atoms with Crippen LogP contribution in [0.4, 0.5) is 10.5 Å². The van der Waals surface area contributed by atoms with Crippen molar-refractivity contribution in [2.45, 2.75) is 25.9 Å². The van der Waals surface area contributed by atoms with Gasteiger partial charge in [-0.3, -0.25) is 9.10 Å². The van der Waals surface area contributed by atoms with E-state index >= 15 is 0 Å². The number of aliphatic imine (C=N–C) groups is 1. The first-order valence-electron chi connectivity index (χ1n) is 15.2. The summed E-state index contributed by atoms with van der Waals surface area (Å²) < 4.78 is 49.3. The lowest BCUT2D eigenvalue weighted by atomic mass is 10.1. The van der Waals surface area contributed by atoms with Crippen molar-refractivity contribution in [3.8, 4) is 17.2 Å². The molecule has 1 saturated heterocycles. The molecule has 0 spiro atoms. The Morgan fingerprint density at radius 1 is 1.06 bits per heavy atom. The van der Waals surface area contributed by atoms with Crippen LogP contribution in [-0.4, -0.2) is 83.5 Å². The smallest absolute Gasteiger partial charge is 0.441 e. The molecule has 0 radical (unpaired) electrons. The number of amides is 1. The maximum atomic E-state index is 13.4. The Kier molecular flexibility index (Phi) is 12.8. The number of benzene rings is 3. The number of sulfonamides is 1. The van der Waals surface area contributed by atoms with Gasteiger partial charge in [-0.15, -0.1) is 0 Å². The van der Waals surface area contributed by atoms with Crippen LogP contribution in [-0.2, 0) is 19.6 Å². The van der Waals surface area contributed by atoms with E-state index in [4.69, 9.17) is 36.3 Å². The minimum absolute atomic E-state index is 0.00473. The van der Waals surface area contributed by atoms with Crippen LogP contribution in [0, 0.1) is 0 Å². The predicted octanol–water partition coefficient (Wildman–Crippen LogP) is 5.14. The van der Waals surface area contributed by atoms with Crippen molar-refractivity contribution in [1.82, 2.24) is 4.90 Å². The summed E-state index contributed by atoms with van der Waals surface area (Å²) >= 11 is 6.57. The number of esters is 1. The number of halogens is 1. The number of carbonyl (C=O) groups excluding carboxylic acids is 2. The van der Waals surface area contributed by atoms with Crippen molar-refractivity contribution >= 4 is 51.3 Å². The van der Waals surface area contributed by atoms with Crippen molar-refractivity contribution in [2.75, 3.05) is 50.5 Å². The van der Waals surface area contributed by atoms with Gasteiger partial charge < -0.3 is 29.6 Å². The van der Waals surface area contributed by atoms with Gasteiger partial charge in [-0.05, 0) is 80.9 Å². The Hall–Kier alpha value is -4.59. The summed E-state index contributed by atoms with van der Waals surface area (Å²) in [5.41, 5.74) is 7.44. The molecule has 4 rings (SSSR count). The molecule has 1 heterocycles. The van der Waals surface area contributed by atoms with Gasteiger partial charge in [0.1, 0.15) is 29.2 Å².